The maximum Gasteiger partial charge on any atom is 0.413 e. The maximum atomic E-state index is 12.9. The molecule has 2 heterocycles. The lowest BCUT2D eigenvalue weighted by Crippen LogP contribution is -2.12. The summed E-state index contributed by atoms with van der Waals surface area (Å²) >= 11 is 1.17. The monoisotopic (exact) mass is 406 g/mol. The number of anilines is 2. The number of nitrogens with one attached hydrogen (secondary N) is 3. The SMILES string of the molecule is CCOC(=O)Nc1nc(-c2ccccc2)c(NC(=O)c2c[nH]c3ccccc23)s1. The van der Waals surface area contributed by atoms with Gasteiger partial charge in [-0.05, 0) is 13.0 Å². The second kappa shape index (κ2) is 8.15. The molecule has 0 saturated carbocycles. The van der Waals surface area contributed by atoms with Crippen molar-refractivity contribution in [2.24, 2.45) is 0 Å². The van der Waals surface area contributed by atoms with Gasteiger partial charge in [0.15, 0.2) is 5.13 Å². The van der Waals surface area contributed by atoms with Crippen LogP contribution in [0.15, 0.2) is 60.8 Å². The third-order valence-electron chi connectivity index (χ3n) is 4.22. The molecule has 0 bridgehead atoms. The quantitative estimate of drug-likeness (QED) is 0.429. The summed E-state index contributed by atoms with van der Waals surface area (Å²) in [6, 6.07) is 17.1. The highest BCUT2D eigenvalue weighted by Gasteiger charge is 2.19. The van der Waals surface area contributed by atoms with Crippen LogP contribution in [0.4, 0.5) is 14.9 Å². The minimum Gasteiger partial charge on any atom is -0.450 e. The molecule has 0 aliphatic carbocycles. The average molecular weight is 406 g/mol. The molecule has 0 atom stereocenters. The number of ether oxygens (including phenoxy) is 1. The van der Waals surface area contributed by atoms with Crippen molar-refractivity contribution < 1.29 is 14.3 Å². The topological polar surface area (TPSA) is 96.1 Å². The molecule has 0 fully saturated rings. The maximum absolute atomic E-state index is 12.9. The Balaban J connectivity index is 1.67. The Bertz CT molecular complexity index is 1170. The molecule has 146 valence electrons. The average Bonchev–Trinajstić information content (AvgIpc) is 3.33. The zero-order valence-electron chi connectivity index (χ0n) is 15.6. The van der Waals surface area contributed by atoms with Crippen molar-refractivity contribution in [2.75, 3.05) is 17.2 Å². The number of fused-ring (bicyclic) bond motifs is 1. The molecule has 2 amide bonds. The van der Waals surface area contributed by atoms with Crippen LogP contribution in [-0.2, 0) is 4.74 Å². The largest absolute Gasteiger partial charge is 0.450 e. The van der Waals surface area contributed by atoms with Crippen LogP contribution in [0.5, 0.6) is 0 Å². The van der Waals surface area contributed by atoms with E-state index in [2.05, 4.69) is 20.6 Å². The molecule has 0 aliphatic rings. The molecule has 0 spiro atoms. The van der Waals surface area contributed by atoms with Crippen molar-refractivity contribution in [1.29, 1.82) is 0 Å². The number of aromatic amines is 1. The van der Waals surface area contributed by atoms with Crippen molar-refractivity contribution in [3.63, 3.8) is 0 Å². The first-order chi connectivity index (χ1) is 14.2. The molecular weight excluding hydrogens is 388 g/mol. The number of hydrogen-bond donors (Lipinski definition) is 3. The number of amides is 2. The number of hydrogen-bond acceptors (Lipinski definition) is 5. The first kappa shape index (κ1) is 18.7. The fourth-order valence-electron chi connectivity index (χ4n) is 2.93. The van der Waals surface area contributed by atoms with E-state index < -0.39 is 6.09 Å². The van der Waals surface area contributed by atoms with Crippen molar-refractivity contribution >= 4 is 44.4 Å². The van der Waals surface area contributed by atoms with E-state index >= 15 is 0 Å². The lowest BCUT2D eigenvalue weighted by atomic mass is 10.1. The predicted octanol–water partition coefficient (Wildman–Crippen LogP) is 5.11. The van der Waals surface area contributed by atoms with Gasteiger partial charge in [0.25, 0.3) is 5.91 Å². The first-order valence-electron chi connectivity index (χ1n) is 9.03. The number of nitrogens with zero attached hydrogens (tertiary/aromatic N) is 1. The number of benzene rings is 2. The van der Waals surface area contributed by atoms with Gasteiger partial charge in [-0.25, -0.2) is 9.78 Å². The van der Waals surface area contributed by atoms with Crippen molar-refractivity contribution in [3.8, 4) is 11.3 Å². The third kappa shape index (κ3) is 3.97. The number of aromatic nitrogens is 2. The van der Waals surface area contributed by atoms with E-state index in [4.69, 9.17) is 4.74 Å². The Morgan fingerprint density at radius 2 is 1.83 bits per heavy atom. The van der Waals surface area contributed by atoms with E-state index in [0.717, 1.165) is 16.5 Å². The minimum absolute atomic E-state index is 0.257. The summed E-state index contributed by atoms with van der Waals surface area (Å²) in [7, 11) is 0. The Morgan fingerprint density at radius 1 is 1.07 bits per heavy atom. The summed E-state index contributed by atoms with van der Waals surface area (Å²) in [6.07, 6.45) is 1.09. The highest BCUT2D eigenvalue weighted by molar-refractivity contribution is 7.20. The Hall–Kier alpha value is -3.65. The van der Waals surface area contributed by atoms with Crippen LogP contribution in [-0.4, -0.2) is 28.6 Å². The number of carbonyl (C=O) groups is 2. The molecule has 29 heavy (non-hydrogen) atoms. The van der Waals surface area contributed by atoms with Gasteiger partial charge in [0, 0.05) is 22.7 Å². The zero-order chi connectivity index (χ0) is 20.2. The predicted molar refractivity (Wildman–Crippen MR) is 114 cm³/mol. The number of thiazole rings is 1. The highest BCUT2D eigenvalue weighted by Crippen LogP contribution is 2.36. The standard InChI is InChI=1S/C21H18N4O3S/c1-2-28-21(27)25-20-23-17(13-8-4-3-5-9-13)19(29-20)24-18(26)15-12-22-16-11-7-6-10-14(15)16/h3-12,22H,2H2,1H3,(H,24,26)(H,23,25,27). The molecule has 7 nitrogen and oxygen atoms in total. The van der Waals surface area contributed by atoms with Gasteiger partial charge in [0.1, 0.15) is 10.7 Å². The molecule has 0 saturated heterocycles. The fourth-order valence-corrected chi connectivity index (χ4v) is 3.80. The van der Waals surface area contributed by atoms with Crippen LogP contribution in [0.3, 0.4) is 0 Å². The zero-order valence-corrected chi connectivity index (χ0v) is 16.4. The molecular formula is C21H18N4O3S. The summed E-state index contributed by atoms with van der Waals surface area (Å²) in [5.41, 5.74) is 2.83. The first-order valence-corrected chi connectivity index (χ1v) is 9.85. The summed E-state index contributed by atoms with van der Waals surface area (Å²) in [5.74, 6) is -0.258. The van der Waals surface area contributed by atoms with Gasteiger partial charge < -0.3 is 15.0 Å². The van der Waals surface area contributed by atoms with E-state index in [1.54, 1.807) is 13.1 Å². The van der Waals surface area contributed by atoms with Crippen LogP contribution >= 0.6 is 11.3 Å². The van der Waals surface area contributed by atoms with Gasteiger partial charge in [-0.15, -0.1) is 0 Å². The number of H-pyrrole nitrogens is 1. The van der Waals surface area contributed by atoms with Crippen molar-refractivity contribution in [3.05, 3.63) is 66.4 Å². The molecule has 2 aromatic heterocycles. The molecule has 2 aromatic carbocycles. The Labute approximate surface area is 170 Å². The van der Waals surface area contributed by atoms with Crippen molar-refractivity contribution in [1.82, 2.24) is 9.97 Å². The van der Waals surface area contributed by atoms with Crippen LogP contribution in [0, 0.1) is 0 Å². The van der Waals surface area contributed by atoms with Gasteiger partial charge in [-0.1, -0.05) is 59.9 Å². The van der Waals surface area contributed by atoms with Crippen molar-refractivity contribution in [2.45, 2.75) is 6.92 Å². The van der Waals surface area contributed by atoms with Gasteiger partial charge in [-0.3, -0.25) is 10.1 Å². The smallest absolute Gasteiger partial charge is 0.413 e. The van der Waals surface area contributed by atoms with E-state index in [-0.39, 0.29) is 12.5 Å². The summed E-state index contributed by atoms with van der Waals surface area (Å²) < 4.78 is 4.91. The Kier molecular flexibility index (Phi) is 5.26. The van der Waals surface area contributed by atoms with E-state index in [9.17, 15) is 9.59 Å². The van der Waals surface area contributed by atoms with Crippen LogP contribution in [0.2, 0.25) is 0 Å². The van der Waals surface area contributed by atoms with Crippen LogP contribution < -0.4 is 10.6 Å². The lowest BCUT2D eigenvalue weighted by molar-refractivity contribution is 0.102. The van der Waals surface area contributed by atoms with Gasteiger partial charge in [-0.2, -0.15) is 0 Å². The third-order valence-corrected chi connectivity index (χ3v) is 5.11. The van der Waals surface area contributed by atoms with E-state index in [0.29, 0.717) is 21.4 Å². The molecule has 3 N–H and O–H groups in total. The lowest BCUT2D eigenvalue weighted by Gasteiger charge is -2.04. The van der Waals surface area contributed by atoms with Gasteiger partial charge in [0.2, 0.25) is 0 Å². The number of rotatable bonds is 5. The van der Waals surface area contributed by atoms with Crippen LogP contribution in [0.1, 0.15) is 17.3 Å². The molecule has 0 unspecified atom stereocenters. The van der Waals surface area contributed by atoms with E-state index in [1.807, 2.05) is 54.6 Å². The van der Waals surface area contributed by atoms with E-state index in [1.165, 1.54) is 11.3 Å². The molecule has 0 radical (unpaired) electrons. The van der Waals surface area contributed by atoms with Gasteiger partial charge in [0.05, 0.1) is 12.2 Å². The fraction of sp³-hybridized carbons (Fsp3) is 0.0952. The van der Waals surface area contributed by atoms with Crippen LogP contribution in [0.25, 0.3) is 22.2 Å². The summed E-state index contributed by atoms with van der Waals surface area (Å²) in [5, 5.41) is 7.25. The highest BCUT2D eigenvalue weighted by atomic mass is 32.1. The second-order valence-corrected chi connectivity index (χ2v) is 7.11. The second-order valence-electron chi connectivity index (χ2n) is 6.11. The Morgan fingerprint density at radius 3 is 2.62 bits per heavy atom. The molecule has 4 aromatic rings. The summed E-state index contributed by atoms with van der Waals surface area (Å²) in [4.78, 5) is 32.3. The molecule has 4 rings (SSSR count). The van der Waals surface area contributed by atoms with Gasteiger partial charge >= 0.3 is 6.09 Å². The summed E-state index contributed by atoms with van der Waals surface area (Å²) in [6.45, 7) is 1.98. The number of para-hydroxylation sites is 1. The molecule has 8 heteroatoms. The number of carbonyl (C=O) groups excluding carboxylic acids is 2. The normalized spacial score (nSPS) is 10.7. The molecule has 0 aliphatic heterocycles. The minimum atomic E-state index is -0.588.